The smallest absolute Gasteiger partial charge is 0.328 e. The maximum absolute atomic E-state index is 13.8. The zero-order valence-corrected chi connectivity index (χ0v) is 13.9. The zero-order chi connectivity index (χ0) is 18.6. The maximum atomic E-state index is 13.8. The summed E-state index contributed by atoms with van der Waals surface area (Å²) in [6.07, 6.45) is -4.95. The van der Waals surface area contributed by atoms with Crippen molar-refractivity contribution < 1.29 is 31.5 Å². The lowest BCUT2D eigenvalue weighted by atomic mass is 9.91. The fourth-order valence-electron chi connectivity index (χ4n) is 1.49. The van der Waals surface area contributed by atoms with Gasteiger partial charge in [-0.25, -0.2) is 13.6 Å². The molecule has 0 fully saturated rings. The third-order valence-corrected chi connectivity index (χ3v) is 2.88. The van der Waals surface area contributed by atoms with Crippen LogP contribution in [0.4, 0.5) is 26.7 Å². The molecule has 1 N–H and O–H groups in total. The topological polar surface area (TPSA) is 49.4 Å². The number of rotatable bonds is 5. The van der Waals surface area contributed by atoms with Crippen molar-refractivity contribution in [1.29, 1.82) is 0 Å². The Bertz CT molecular complexity index is 428. The molecule has 23 heavy (non-hydrogen) atoms. The van der Waals surface area contributed by atoms with Crippen LogP contribution in [0, 0.1) is 11.3 Å². The zero-order valence-electron chi connectivity index (χ0n) is 13.9. The number of alkyl halides is 5. The summed E-state index contributed by atoms with van der Waals surface area (Å²) in [7, 11) is 0. The molecular formula is C14H23F5N2O2. The van der Waals surface area contributed by atoms with Gasteiger partial charge in [0.15, 0.2) is 0 Å². The molecule has 136 valence electrons. The van der Waals surface area contributed by atoms with Gasteiger partial charge in [-0.3, -0.25) is 9.69 Å². The van der Waals surface area contributed by atoms with Crippen LogP contribution >= 0.6 is 0 Å². The number of urea groups is 1. The summed E-state index contributed by atoms with van der Waals surface area (Å²) >= 11 is 0. The first-order valence-electron chi connectivity index (χ1n) is 7.08. The molecule has 0 saturated carbocycles. The highest BCUT2D eigenvalue weighted by molar-refractivity contribution is 5.94. The minimum Gasteiger partial charge on any atom is -0.328 e. The van der Waals surface area contributed by atoms with Gasteiger partial charge >= 0.3 is 12.2 Å². The molecule has 3 amide bonds. The van der Waals surface area contributed by atoms with Crippen molar-refractivity contribution in [1.82, 2.24) is 10.2 Å². The van der Waals surface area contributed by atoms with Crippen LogP contribution in [0.3, 0.4) is 0 Å². The average Bonchev–Trinajstić information content (AvgIpc) is 2.29. The Balaban J connectivity index is 5.22. The van der Waals surface area contributed by atoms with Gasteiger partial charge in [0.25, 0.3) is 5.92 Å². The van der Waals surface area contributed by atoms with Gasteiger partial charge in [-0.1, -0.05) is 34.6 Å². The highest BCUT2D eigenvalue weighted by Crippen LogP contribution is 2.27. The molecular weight excluding hydrogens is 323 g/mol. The van der Waals surface area contributed by atoms with Crippen LogP contribution in [0.25, 0.3) is 0 Å². The number of nitrogens with zero attached hydrogens (tertiary/aromatic N) is 1. The van der Waals surface area contributed by atoms with Gasteiger partial charge in [0.1, 0.15) is 6.54 Å². The van der Waals surface area contributed by atoms with E-state index in [1.54, 1.807) is 20.8 Å². The Morgan fingerprint density at radius 3 is 1.87 bits per heavy atom. The van der Waals surface area contributed by atoms with Gasteiger partial charge in [0.2, 0.25) is 5.91 Å². The first kappa shape index (κ1) is 21.6. The Hall–Kier alpha value is -1.41. The second kappa shape index (κ2) is 7.44. The molecule has 0 spiro atoms. The molecule has 0 aromatic heterocycles. The Kier molecular flexibility index (Phi) is 6.98. The van der Waals surface area contributed by atoms with Crippen LogP contribution in [0.1, 0.15) is 41.0 Å². The monoisotopic (exact) mass is 346 g/mol. The molecule has 0 heterocycles. The average molecular weight is 346 g/mol. The van der Waals surface area contributed by atoms with E-state index in [1.807, 2.05) is 0 Å². The lowest BCUT2D eigenvalue weighted by Crippen LogP contribution is -2.52. The van der Waals surface area contributed by atoms with Crippen LogP contribution < -0.4 is 5.32 Å². The van der Waals surface area contributed by atoms with Crippen molar-refractivity contribution in [2.24, 2.45) is 11.3 Å². The molecule has 0 unspecified atom stereocenters. The number of carbonyl (C=O) groups is 2. The Labute approximate surface area is 132 Å². The summed E-state index contributed by atoms with van der Waals surface area (Å²) in [5.41, 5.74) is -0.604. The number of nitrogens with one attached hydrogen (secondary N) is 1. The largest absolute Gasteiger partial charge is 0.405 e. The number of carbonyl (C=O) groups excluding carboxylic acids is 2. The molecule has 0 aliphatic carbocycles. The molecule has 0 aromatic rings. The van der Waals surface area contributed by atoms with Crippen LogP contribution in [0.5, 0.6) is 0 Å². The van der Waals surface area contributed by atoms with E-state index in [0.29, 0.717) is 0 Å². The normalized spacial score (nSPS) is 13.2. The SMILES string of the molecule is CC(C)C(F)(F)CN(C(=O)CC(C)(C)C)C(=O)NCC(F)(F)F. The van der Waals surface area contributed by atoms with Gasteiger partial charge in [0, 0.05) is 12.3 Å². The van der Waals surface area contributed by atoms with Crippen molar-refractivity contribution in [3.63, 3.8) is 0 Å². The number of imide groups is 1. The van der Waals surface area contributed by atoms with Crippen LogP contribution in [0.2, 0.25) is 0 Å². The van der Waals surface area contributed by atoms with Crippen LogP contribution in [-0.4, -0.2) is 42.0 Å². The van der Waals surface area contributed by atoms with E-state index in [2.05, 4.69) is 0 Å². The van der Waals surface area contributed by atoms with Gasteiger partial charge < -0.3 is 5.32 Å². The third kappa shape index (κ3) is 8.71. The van der Waals surface area contributed by atoms with E-state index in [-0.39, 0.29) is 11.3 Å². The second-order valence-electron chi connectivity index (χ2n) is 6.91. The van der Waals surface area contributed by atoms with Crippen molar-refractivity contribution in [3.8, 4) is 0 Å². The van der Waals surface area contributed by atoms with Crippen molar-refractivity contribution in [2.75, 3.05) is 13.1 Å². The molecule has 0 radical (unpaired) electrons. The number of halogens is 5. The van der Waals surface area contributed by atoms with Gasteiger partial charge in [-0.2, -0.15) is 13.2 Å². The van der Waals surface area contributed by atoms with E-state index in [4.69, 9.17) is 0 Å². The first-order valence-corrected chi connectivity index (χ1v) is 7.08. The van der Waals surface area contributed by atoms with Gasteiger partial charge in [-0.05, 0) is 5.41 Å². The molecule has 9 heteroatoms. The highest BCUT2D eigenvalue weighted by Gasteiger charge is 2.40. The van der Waals surface area contributed by atoms with E-state index in [9.17, 15) is 31.5 Å². The lowest BCUT2D eigenvalue weighted by molar-refractivity contribution is -0.138. The third-order valence-electron chi connectivity index (χ3n) is 2.88. The summed E-state index contributed by atoms with van der Waals surface area (Å²) in [5, 5.41) is 1.46. The number of hydrogen-bond acceptors (Lipinski definition) is 2. The lowest BCUT2D eigenvalue weighted by Gasteiger charge is -2.30. The van der Waals surface area contributed by atoms with Gasteiger partial charge in [0.05, 0.1) is 6.54 Å². The molecule has 0 saturated heterocycles. The number of hydrogen-bond donors (Lipinski definition) is 1. The molecule has 0 aromatic carbocycles. The Morgan fingerprint density at radius 1 is 1.04 bits per heavy atom. The summed E-state index contributed by atoms with van der Waals surface area (Å²) in [6.45, 7) is 4.38. The summed E-state index contributed by atoms with van der Waals surface area (Å²) in [6, 6.07) is -1.48. The van der Waals surface area contributed by atoms with Gasteiger partial charge in [-0.15, -0.1) is 0 Å². The van der Waals surface area contributed by atoms with E-state index >= 15 is 0 Å². The summed E-state index contributed by atoms with van der Waals surface area (Å²) < 4.78 is 64.1. The highest BCUT2D eigenvalue weighted by atomic mass is 19.4. The molecule has 0 atom stereocenters. The minimum absolute atomic E-state index is 0.164. The standard InChI is InChI=1S/C14H23F5N2O2/c1-9(2)13(15,16)8-21(10(22)6-12(3,4)5)11(23)20-7-14(17,18)19/h9H,6-8H2,1-5H3,(H,20,23). The van der Waals surface area contributed by atoms with Crippen molar-refractivity contribution in [2.45, 2.75) is 53.1 Å². The molecule has 0 aliphatic rings. The van der Waals surface area contributed by atoms with Crippen molar-refractivity contribution in [3.05, 3.63) is 0 Å². The first-order chi connectivity index (χ1) is 10.1. The minimum atomic E-state index is -4.70. The van der Waals surface area contributed by atoms with Crippen LogP contribution in [0.15, 0.2) is 0 Å². The fourth-order valence-corrected chi connectivity index (χ4v) is 1.49. The summed E-state index contributed by atoms with van der Waals surface area (Å²) in [4.78, 5) is 24.0. The Morgan fingerprint density at radius 2 is 1.52 bits per heavy atom. The maximum Gasteiger partial charge on any atom is 0.405 e. The fraction of sp³-hybridized carbons (Fsp3) is 0.857. The molecule has 0 aliphatic heterocycles. The van der Waals surface area contributed by atoms with E-state index < -0.39 is 48.5 Å². The van der Waals surface area contributed by atoms with E-state index in [1.165, 1.54) is 19.2 Å². The summed E-state index contributed by atoms with van der Waals surface area (Å²) in [5.74, 6) is -5.52. The predicted molar refractivity (Wildman–Crippen MR) is 75.0 cm³/mol. The van der Waals surface area contributed by atoms with Crippen molar-refractivity contribution >= 4 is 11.9 Å². The molecule has 4 nitrogen and oxygen atoms in total. The predicted octanol–water partition coefficient (Wildman–Crippen LogP) is 3.81. The van der Waals surface area contributed by atoms with Crippen LogP contribution in [-0.2, 0) is 4.79 Å². The van der Waals surface area contributed by atoms with E-state index in [0.717, 1.165) is 0 Å². The molecule has 0 rings (SSSR count). The molecule has 0 bridgehead atoms. The second-order valence-corrected chi connectivity index (χ2v) is 6.91. The quantitative estimate of drug-likeness (QED) is 0.770. The number of amides is 3.